The van der Waals surface area contributed by atoms with Crippen LogP contribution in [0.3, 0.4) is 0 Å². The van der Waals surface area contributed by atoms with Crippen molar-refractivity contribution in [3.05, 3.63) is 82.9 Å². The summed E-state index contributed by atoms with van der Waals surface area (Å²) in [7, 11) is 0. The summed E-state index contributed by atoms with van der Waals surface area (Å²) in [5.74, 6) is 1.70. The van der Waals surface area contributed by atoms with Crippen molar-refractivity contribution >= 4 is 14.4 Å². The van der Waals surface area contributed by atoms with Crippen LogP contribution in [0, 0.1) is 11.8 Å². The molecule has 2 unspecified atom stereocenters. The summed E-state index contributed by atoms with van der Waals surface area (Å²) >= 11 is -1.97. The zero-order valence-electron chi connectivity index (χ0n) is 17.7. The van der Waals surface area contributed by atoms with Crippen LogP contribution in [-0.4, -0.2) is 3.21 Å². The molecule has 0 amide bonds. The minimum atomic E-state index is -1.97. The number of halogens is 2. The van der Waals surface area contributed by atoms with E-state index in [1.807, 2.05) is 0 Å². The minimum Gasteiger partial charge on any atom is -1.00 e. The number of benzene rings is 2. The Balaban J connectivity index is 0.00000109. The second-order valence-corrected chi connectivity index (χ2v) is 17.1. The first kappa shape index (κ1) is 22.4. The third kappa shape index (κ3) is 3.70. The molecule has 2 fully saturated rings. The molecule has 0 N–H and O–H groups in total. The Morgan fingerprint density at radius 3 is 1.43 bits per heavy atom. The van der Waals surface area contributed by atoms with Crippen molar-refractivity contribution in [3.63, 3.8) is 0 Å². The van der Waals surface area contributed by atoms with Crippen molar-refractivity contribution in [3.8, 4) is 0 Å². The quantitative estimate of drug-likeness (QED) is 0.570. The van der Waals surface area contributed by atoms with Gasteiger partial charge in [0.05, 0.1) is 0 Å². The van der Waals surface area contributed by atoms with Crippen LogP contribution in [-0.2, 0) is 21.3 Å². The third-order valence-corrected chi connectivity index (χ3v) is 15.7. The van der Waals surface area contributed by atoms with Gasteiger partial charge in [0.25, 0.3) is 0 Å². The van der Waals surface area contributed by atoms with Crippen molar-refractivity contribution < 1.29 is 46.1 Å². The Morgan fingerprint density at radius 2 is 1.07 bits per heavy atom. The molecule has 2 atom stereocenters. The first-order valence-corrected chi connectivity index (χ1v) is 15.1. The number of allylic oxidation sites excluding steroid dienone is 4. The summed E-state index contributed by atoms with van der Waals surface area (Å²) < 4.78 is 3.20. The van der Waals surface area contributed by atoms with Gasteiger partial charge in [0.1, 0.15) is 0 Å². The molecule has 0 saturated heterocycles. The molecule has 2 aromatic carbocycles. The second-order valence-electron chi connectivity index (χ2n) is 9.38. The van der Waals surface area contributed by atoms with E-state index in [4.69, 9.17) is 0 Å². The monoisotopic (exact) mass is 512 g/mol. The van der Waals surface area contributed by atoms with E-state index in [1.165, 1.54) is 25.7 Å². The third-order valence-electron chi connectivity index (χ3n) is 7.19. The Bertz CT molecular complexity index is 986. The number of hydrogen-bond donors (Lipinski definition) is 0. The summed E-state index contributed by atoms with van der Waals surface area (Å²) in [5.41, 5.74) is 9.88. The van der Waals surface area contributed by atoms with Crippen LogP contribution < -0.4 is 24.8 Å². The molecule has 6 rings (SSSR count). The van der Waals surface area contributed by atoms with Gasteiger partial charge in [-0.05, 0) is 0 Å². The van der Waals surface area contributed by atoms with Gasteiger partial charge in [-0.3, -0.25) is 0 Å². The van der Waals surface area contributed by atoms with Gasteiger partial charge in [-0.2, -0.15) is 0 Å². The Labute approximate surface area is 200 Å². The summed E-state index contributed by atoms with van der Waals surface area (Å²) in [6.45, 7) is 4.90. The second kappa shape index (κ2) is 8.65. The van der Waals surface area contributed by atoms with E-state index in [1.54, 1.807) is 36.6 Å². The van der Waals surface area contributed by atoms with Crippen LogP contribution in [0.25, 0.3) is 11.1 Å². The summed E-state index contributed by atoms with van der Waals surface area (Å²) in [5, 5.41) is 0. The minimum absolute atomic E-state index is 0. The molecule has 0 nitrogen and oxygen atoms in total. The first-order chi connectivity index (χ1) is 13.7. The number of rotatable bonds is 4. The average Bonchev–Trinajstić information content (AvgIpc) is 3.64. The van der Waals surface area contributed by atoms with Crippen LogP contribution in [0.5, 0.6) is 0 Å². The van der Waals surface area contributed by atoms with Gasteiger partial charge in [-0.1, -0.05) is 0 Å². The van der Waals surface area contributed by atoms with Crippen molar-refractivity contribution in [2.75, 3.05) is 0 Å². The van der Waals surface area contributed by atoms with Gasteiger partial charge in [-0.15, -0.1) is 0 Å². The van der Waals surface area contributed by atoms with Gasteiger partial charge in [0, 0.05) is 0 Å². The zero-order valence-corrected chi connectivity index (χ0v) is 21.6. The molecule has 4 aliphatic carbocycles. The van der Waals surface area contributed by atoms with Gasteiger partial charge >= 0.3 is 177 Å². The average molecular weight is 515 g/mol. The smallest absolute Gasteiger partial charge is 1.00 e. The molecule has 3 heteroatoms. The van der Waals surface area contributed by atoms with E-state index in [-0.39, 0.29) is 24.8 Å². The fourth-order valence-electron chi connectivity index (χ4n) is 5.61. The molecular weight excluding hydrogens is 486 g/mol. The number of hydrogen-bond acceptors (Lipinski definition) is 0. The number of fused-ring (bicyclic) bond motifs is 2. The SMILES string of the molecule is C[C](C)=[Zr+2]([CH]1C=C(C2CC2)c2ccccc21)[CH]1C=C(C2CC2)c2ccccc21.[Cl-].[Cl-]. The summed E-state index contributed by atoms with van der Waals surface area (Å²) in [6.07, 6.45) is 11.1. The largest absolute Gasteiger partial charge is 1.00 e. The molecule has 154 valence electrons. The van der Waals surface area contributed by atoms with Gasteiger partial charge < -0.3 is 24.8 Å². The van der Waals surface area contributed by atoms with Crippen LogP contribution in [0.15, 0.2) is 60.7 Å². The summed E-state index contributed by atoms with van der Waals surface area (Å²) in [6, 6.07) is 18.7. The molecule has 30 heavy (non-hydrogen) atoms. The summed E-state index contributed by atoms with van der Waals surface area (Å²) in [4.78, 5) is 0. The van der Waals surface area contributed by atoms with Crippen molar-refractivity contribution in [1.82, 2.24) is 0 Å². The first-order valence-electron chi connectivity index (χ1n) is 11.0. The van der Waals surface area contributed by atoms with E-state index in [2.05, 4.69) is 74.5 Å². The van der Waals surface area contributed by atoms with Gasteiger partial charge in [0.2, 0.25) is 0 Å². The molecular formula is C27H28Cl2Zr. The fraction of sp³-hybridized carbons (Fsp3) is 0.370. The normalized spacial score (nSPS) is 23.1. The molecule has 2 saturated carbocycles. The molecule has 0 radical (unpaired) electrons. The topological polar surface area (TPSA) is 0 Å². The Morgan fingerprint density at radius 1 is 0.667 bits per heavy atom. The molecule has 0 aliphatic heterocycles. The predicted octanol–water partition coefficient (Wildman–Crippen LogP) is 0.921. The van der Waals surface area contributed by atoms with Crippen LogP contribution in [0.4, 0.5) is 0 Å². The van der Waals surface area contributed by atoms with E-state index in [9.17, 15) is 0 Å². The maximum Gasteiger partial charge on any atom is -1.00 e. The van der Waals surface area contributed by atoms with Crippen LogP contribution >= 0.6 is 0 Å². The Hall–Kier alpha value is -0.747. The van der Waals surface area contributed by atoms with Gasteiger partial charge in [-0.25, -0.2) is 0 Å². The zero-order chi connectivity index (χ0) is 18.8. The molecule has 0 aromatic heterocycles. The standard InChI is InChI=1S/2C12H11.C3H6.2ClH.Zr/c2*1-2-4-11-9(3-1)7-8-12(11)10-5-6-10;1-3-2;;;/h2*1-4,7-8,10H,5-6H2;1-2H3;2*1H;/q;;;;;+2/p-2. The van der Waals surface area contributed by atoms with Crippen molar-refractivity contribution in [2.45, 2.75) is 46.8 Å². The maximum atomic E-state index is 2.75. The fourth-order valence-corrected chi connectivity index (χ4v) is 14.3. The van der Waals surface area contributed by atoms with E-state index in [0.717, 1.165) is 11.8 Å². The molecule has 0 heterocycles. The molecule has 2 aromatic rings. The van der Waals surface area contributed by atoms with E-state index >= 15 is 0 Å². The molecule has 0 bridgehead atoms. The van der Waals surface area contributed by atoms with E-state index in [0.29, 0.717) is 7.25 Å². The van der Waals surface area contributed by atoms with Crippen molar-refractivity contribution in [2.24, 2.45) is 11.8 Å². The Kier molecular flexibility index (Phi) is 6.47. The predicted molar refractivity (Wildman–Crippen MR) is 116 cm³/mol. The molecule has 0 spiro atoms. The van der Waals surface area contributed by atoms with E-state index < -0.39 is 21.3 Å². The van der Waals surface area contributed by atoms with Crippen LogP contribution in [0.1, 0.15) is 69.0 Å². The van der Waals surface area contributed by atoms with Gasteiger partial charge in [0.15, 0.2) is 0 Å². The van der Waals surface area contributed by atoms with Crippen molar-refractivity contribution in [1.29, 1.82) is 0 Å². The maximum absolute atomic E-state index is 2.75. The van der Waals surface area contributed by atoms with Crippen LogP contribution in [0.2, 0.25) is 0 Å². The molecule has 4 aliphatic rings.